The molecule has 11 aromatic rings. The number of para-hydroxylation sites is 3. The first-order valence-electron chi connectivity index (χ1n) is 18.8. The van der Waals surface area contributed by atoms with E-state index < -0.39 is 0 Å². The van der Waals surface area contributed by atoms with E-state index in [-0.39, 0.29) is 0 Å². The van der Waals surface area contributed by atoms with Crippen molar-refractivity contribution in [2.75, 3.05) is 4.90 Å². The third-order valence-corrected chi connectivity index (χ3v) is 12.2. The van der Waals surface area contributed by atoms with Gasteiger partial charge >= 0.3 is 0 Å². The van der Waals surface area contributed by atoms with E-state index in [1.165, 1.54) is 75.0 Å². The van der Waals surface area contributed by atoms with Gasteiger partial charge in [-0.2, -0.15) is 0 Å². The minimum Gasteiger partial charge on any atom is -0.310 e. The van der Waals surface area contributed by atoms with Gasteiger partial charge in [0.2, 0.25) is 0 Å². The molecular weight excluding hydrogens is 685 g/mol. The zero-order valence-corrected chi connectivity index (χ0v) is 30.7. The molecule has 0 aliphatic carbocycles. The lowest BCUT2D eigenvalue weighted by Crippen LogP contribution is -2.11. The molecular formula is C52H34N2S. The minimum absolute atomic E-state index is 1.10. The minimum atomic E-state index is 1.10. The van der Waals surface area contributed by atoms with E-state index in [1.54, 1.807) is 0 Å². The molecule has 11 rings (SSSR count). The largest absolute Gasteiger partial charge is 0.310 e. The second kappa shape index (κ2) is 12.9. The van der Waals surface area contributed by atoms with E-state index in [4.69, 9.17) is 0 Å². The van der Waals surface area contributed by atoms with Crippen molar-refractivity contribution in [3.63, 3.8) is 0 Å². The van der Waals surface area contributed by atoms with E-state index in [1.807, 2.05) is 11.3 Å². The number of fused-ring (bicyclic) bond motifs is 8. The lowest BCUT2D eigenvalue weighted by atomic mass is 9.96. The second-order valence-electron chi connectivity index (χ2n) is 14.1. The number of thiophene rings is 1. The summed E-state index contributed by atoms with van der Waals surface area (Å²) in [5.74, 6) is 0. The molecule has 2 nitrogen and oxygen atoms in total. The predicted molar refractivity (Wildman–Crippen MR) is 237 cm³/mol. The maximum atomic E-state index is 2.43. The number of anilines is 3. The smallest absolute Gasteiger partial charge is 0.0542 e. The molecule has 0 aliphatic rings. The van der Waals surface area contributed by atoms with Gasteiger partial charge in [0.25, 0.3) is 0 Å². The van der Waals surface area contributed by atoms with Crippen LogP contribution in [-0.2, 0) is 0 Å². The Balaban J connectivity index is 1.12. The SMILES string of the molecule is c1ccc(-c2ccccc2N(c2ccc(-c3cc4ccccc4c4c3sc3ccccc34)cc2)c2ccc3c(c2)c2ccccc2n3-c2ccccc2)cc1. The van der Waals surface area contributed by atoms with Crippen LogP contribution in [0.1, 0.15) is 0 Å². The van der Waals surface area contributed by atoms with Gasteiger partial charge in [0.05, 0.1) is 16.7 Å². The number of nitrogens with zero attached hydrogens (tertiary/aromatic N) is 2. The summed E-state index contributed by atoms with van der Waals surface area (Å²) in [7, 11) is 0. The number of hydrogen-bond acceptors (Lipinski definition) is 2. The first-order chi connectivity index (χ1) is 27.3. The molecule has 55 heavy (non-hydrogen) atoms. The van der Waals surface area contributed by atoms with Crippen LogP contribution in [-0.4, -0.2) is 4.57 Å². The number of benzene rings is 9. The summed E-state index contributed by atoms with van der Waals surface area (Å²) in [4.78, 5) is 2.43. The van der Waals surface area contributed by atoms with Crippen LogP contribution in [0.2, 0.25) is 0 Å². The molecule has 0 saturated heterocycles. The van der Waals surface area contributed by atoms with E-state index in [9.17, 15) is 0 Å². The van der Waals surface area contributed by atoms with Gasteiger partial charge in [0.1, 0.15) is 0 Å². The van der Waals surface area contributed by atoms with Gasteiger partial charge in [-0.15, -0.1) is 11.3 Å². The molecule has 2 aromatic heterocycles. The molecule has 0 radical (unpaired) electrons. The van der Waals surface area contributed by atoms with Gasteiger partial charge < -0.3 is 9.47 Å². The zero-order valence-electron chi connectivity index (χ0n) is 29.9. The molecule has 0 N–H and O–H groups in total. The van der Waals surface area contributed by atoms with Gasteiger partial charge in [0, 0.05) is 59.1 Å². The van der Waals surface area contributed by atoms with Gasteiger partial charge in [-0.05, 0) is 88.6 Å². The molecule has 0 atom stereocenters. The third-order valence-electron chi connectivity index (χ3n) is 11.0. The van der Waals surface area contributed by atoms with Gasteiger partial charge in [0.15, 0.2) is 0 Å². The van der Waals surface area contributed by atoms with Crippen LogP contribution in [0.25, 0.3) is 80.7 Å². The standard InChI is InChI=1S/C52H34N2S/c1-3-15-35(16-4-1)41-20-9-12-24-47(41)53(40-31-32-49-46(34-40)43-22-10-13-25-48(43)54(49)38-18-5-2-6-19-38)39-29-27-36(28-30-39)45-33-37-17-7-8-21-42(37)51-44-23-11-14-26-50(44)55-52(45)51/h1-34H. The Bertz CT molecular complexity index is 3190. The summed E-state index contributed by atoms with van der Waals surface area (Å²) in [5.41, 5.74) is 11.7. The molecule has 2 heterocycles. The van der Waals surface area contributed by atoms with Crippen molar-refractivity contribution < 1.29 is 0 Å². The Kier molecular flexibility index (Phi) is 7.39. The highest BCUT2D eigenvalue weighted by Gasteiger charge is 2.21. The summed E-state index contributed by atoms with van der Waals surface area (Å²) < 4.78 is 5.03. The first kappa shape index (κ1) is 31.6. The van der Waals surface area contributed by atoms with Crippen molar-refractivity contribution in [2.45, 2.75) is 0 Å². The Morgan fingerprint density at radius 3 is 1.85 bits per heavy atom. The first-order valence-corrected chi connectivity index (χ1v) is 19.6. The molecule has 0 fully saturated rings. The summed E-state index contributed by atoms with van der Waals surface area (Å²) in [6.07, 6.45) is 0. The molecule has 3 heteroatoms. The average molecular weight is 719 g/mol. The van der Waals surface area contributed by atoms with Crippen molar-refractivity contribution >= 4 is 81.1 Å². The summed E-state index contributed by atoms with van der Waals surface area (Å²) >= 11 is 1.89. The van der Waals surface area contributed by atoms with E-state index in [0.29, 0.717) is 0 Å². The summed E-state index contributed by atoms with van der Waals surface area (Å²) in [6.45, 7) is 0. The third kappa shape index (κ3) is 5.16. The second-order valence-corrected chi connectivity index (χ2v) is 15.2. The van der Waals surface area contributed by atoms with Crippen molar-refractivity contribution in [1.82, 2.24) is 4.57 Å². The average Bonchev–Trinajstić information content (AvgIpc) is 3.81. The van der Waals surface area contributed by atoms with Crippen LogP contribution in [0.3, 0.4) is 0 Å². The van der Waals surface area contributed by atoms with Crippen LogP contribution in [0.5, 0.6) is 0 Å². The Morgan fingerprint density at radius 2 is 1.02 bits per heavy atom. The molecule has 0 bridgehead atoms. The van der Waals surface area contributed by atoms with E-state index >= 15 is 0 Å². The van der Waals surface area contributed by atoms with Crippen LogP contribution < -0.4 is 4.90 Å². The van der Waals surface area contributed by atoms with Gasteiger partial charge in [-0.25, -0.2) is 0 Å². The van der Waals surface area contributed by atoms with Crippen LogP contribution in [0.15, 0.2) is 206 Å². The lowest BCUT2D eigenvalue weighted by molar-refractivity contribution is 1.18. The Hall–Kier alpha value is -6.94. The molecule has 258 valence electrons. The summed E-state index contributed by atoms with van der Waals surface area (Å²) in [6, 6.07) is 75.1. The Labute approximate surface area is 323 Å². The predicted octanol–water partition coefficient (Wildman–Crippen LogP) is 15.1. The highest BCUT2D eigenvalue weighted by atomic mass is 32.1. The normalized spacial score (nSPS) is 11.6. The number of aromatic nitrogens is 1. The Morgan fingerprint density at radius 1 is 0.400 bits per heavy atom. The highest BCUT2D eigenvalue weighted by Crippen LogP contribution is 2.46. The fourth-order valence-corrected chi connectivity index (χ4v) is 9.75. The molecule has 0 aliphatic heterocycles. The van der Waals surface area contributed by atoms with Crippen molar-refractivity contribution in [1.29, 1.82) is 0 Å². The van der Waals surface area contributed by atoms with Crippen LogP contribution in [0.4, 0.5) is 17.1 Å². The van der Waals surface area contributed by atoms with Crippen LogP contribution in [0, 0.1) is 0 Å². The molecule has 0 saturated carbocycles. The summed E-state index contributed by atoms with van der Waals surface area (Å²) in [5, 5.41) is 7.70. The topological polar surface area (TPSA) is 8.17 Å². The van der Waals surface area contributed by atoms with E-state index in [2.05, 4.69) is 216 Å². The molecule has 9 aromatic carbocycles. The van der Waals surface area contributed by atoms with Crippen molar-refractivity contribution in [3.05, 3.63) is 206 Å². The monoisotopic (exact) mass is 718 g/mol. The molecule has 0 spiro atoms. The van der Waals surface area contributed by atoms with Gasteiger partial charge in [-0.1, -0.05) is 140 Å². The zero-order chi connectivity index (χ0) is 36.3. The number of rotatable bonds is 6. The number of hydrogen-bond donors (Lipinski definition) is 0. The molecule has 0 amide bonds. The fourth-order valence-electron chi connectivity index (χ4n) is 8.49. The quantitative estimate of drug-likeness (QED) is 0.166. The van der Waals surface area contributed by atoms with E-state index in [0.717, 1.165) is 22.7 Å². The maximum Gasteiger partial charge on any atom is 0.0542 e. The fraction of sp³-hybridized carbons (Fsp3) is 0. The maximum absolute atomic E-state index is 2.43. The van der Waals surface area contributed by atoms with Crippen molar-refractivity contribution in [3.8, 4) is 27.9 Å². The highest BCUT2D eigenvalue weighted by molar-refractivity contribution is 7.26. The van der Waals surface area contributed by atoms with Crippen molar-refractivity contribution in [2.24, 2.45) is 0 Å². The lowest BCUT2D eigenvalue weighted by Gasteiger charge is -2.28. The molecule has 0 unspecified atom stereocenters. The van der Waals surface area contributed by atoms with Crippen LogP contribution >= 0.6 is 11.3 Å². The van der Waals surface area contributed by atoms with Gasteiger partial charge in [-0.3, -0.25) is 0 Å².